The third-order valence-corrected chi connectivity index (χ3v) is 3.51. The van der Waals surface area contributed by atoms with E-state index in [1.54, 1.807) is 0 Å². The lowest BCUT2D eigenvalue weighted by atomic mass is 9.98. The number of rotatable bonds is 3. The Hall–Kier alpha value is -0.900. The van der Waals surface area contributed by atoms with Gasteiger partial charge in [-0.25, -0.2) is 0 Å². The maximum atomic E-state index is 9.64. The highest BCUT2D eigenvalue weighted by atomic mass is 16.3. The van der Waals surface area contributed by atoms with E-state index in [1.165, 1.54) is 11.1 Å². The molecule has 0 aliphatic carbocycles. The minimum atomic E-state index is -0.193. The number of nitrogens with zero attached hydrogens (tertiary/aromatic N) is 1. The molecule has 1 fully saturated rings. The van der Waals surface area contributed by atoms with Gasteiger partial charge in [0.25, 0.3) is 0 Å². The Kier molecular flexibility index (Phi) is 3.82. The number of likely N-dealkylation sites (tertiary alicyclic amines) is 1. The molecule has 1 aromatic carbocycles. The maximum Gasteiger partial charge on any atom is 0.0679 e. The van der Waals surface area contributed by atoms with Crippen LogP contribution in [0, 0.1) is 6.92 Å². The summed E-state index contributed by atoms with van der Waals surface area (Å²) in [6.07, 6.45) is 0.663. The minimum Gasteiger partial charge on any atom is -0.392 e. The van der Waals surface area contributed by atoms with E-state index in [4.69, 9.17) is 5.73 Å². The van der Waals surface area contributed by atoms with E-state index in [1.807, 2.05) is 6.92 Å². The van der Waals surface area contributed by atoms with E-state index < -0.39 is 0 Å². The fourth-order valence-electron chi connectivity index (χ4n) is 2.63. The van der Waals surface area contributed by atoms with E-state index >= 15 is 0 Å². The quantitative estimate of drug-likeness (QED) is 0.832. The Balaban J connectivity index is 2.20. The van der Waals surface area contributed by atoms with Crippen LogP contribution >= 0.6 is 0 Å². The minimum absolute atomic E-state index is 0.0722. The van der Waals surface area contributed by atoms with E-state index in [9.17, 15) is 5.11 Å². The molecule has 3 atom stereocenters. The molecule has 3 N–H and O–H groups in total. The molecule has 1 aliphatic rings. The smallest absolute Gasteiger partial charge is 0.0679 e. The number of nitrogens with two attached hydrogens (primary N) is 1. The van der Waals surface area contributed by atoms with Crippen molar-refractivity contribution < 1.29 is 5.11 Å². The van der Waals surface area contributed by atoms with Crippen LogP contribution in [-0.4, -0.2) is 35.2 Å². The fraction of sp³-hybridized carbons (Fsp3) is 0.571. The molecular weight excluding hydrogens is 212 g/mol. The summed E-state index contributed by atoms with van der Waals surface area (Å²) in [5, 5.41) is 9.64. The zero-order chi connectivity index (χ0) is 12.4. The van der Waals surface area contributed by atoms with Gasteiger partial charge in [0, 0.05) is 25.2 Å². The second-order valence-electron chi connectivity index (χ2n) is 5.15. The second-order valence-corrected chi connectivity index (χ2v) is 5.15. The van der Waals surface area contributed by atoms with Crippen LogP contribution in [0.4, 0.5) is 0 Å². The first-order valence-corrected chi connectivity index (χ1v) is 6.32. The Morgan fingerprint density at radius 3 is 2.47 bits per heavy atom. The summed E-state index contributed by atoms with van der Waals surface area (Å²) in [4.78, 5) is 2.29. The third-order valence-electron chi connectivity index (χ3n) is 3.51. The Morgan fingerprint density at radius 2 is 2.00 bits per heavy atom. The van der Waals surface area contributed by atoms with Crippen molar-refractivity contribution in [2.24, 2.45) is 5.73 Å². The van der Waals surface area contributed by atoms with Crippen molar-refractivity contribution in [3.8, 4) is 0 Å². The third kappa shape index (κ3) is 2.86. The second kappa shape index (κ2) is 5.17. The molecule has 1 heterocycles. The fourth-order valence-corrected chi connectivity index (χ4v) is 2.63. The van der Waals surface area contributed by atoms with Gasteiger partial charge < -0.3 is 10.8 Å². The van der Waals surface area contributed by atoms with Gasteiger partial charge in [-0.2, -0.15) is 0 Å². The Labute approximate surface area is 103 Å². The molecule has 94 valence electrons. The van der Waals surface area contributed by atoms with Crippen LogP contribution in [0.1, 0.15) is 30.5 Å². The lowest BCUT2D eigenvalue weighted by Gasteiger charge is -2.31. The number of aliphatic hydroxyl groups is 1. The lowest BCUT2D eigenvalue weighted by molar-refractivity contribution is 0.151. The van der Waals surface area contributed by atoms with E-state index in [0.29, 0.717) is 0 Å². The predicted octanol–water partition coefficient (Wildman–Crippen LogP) is 1.45. The van der Waals surface area contributed by atoms with Crippen molar-refractivity contribution in [1.29, 1.82) is 0 Å². The van der Waals surface area contributed by atoms with Gasteiger partial charge in [-0.05, 0) is 25.8 Å². The first-order chi connectivity index (χ1) is 8.08. The van der Waals surface area contributed by atoms with E-state index in [2.05, 4.69) is 36.1 Å². The molecule has 1 aliphatic heterocycles. The van der Waals surface area contributed by atoms with Crippen molar-refractivity contribution in [1.82, 2.24) is 4.90 Å². The summed E-state index contributed by atoms with van der Waals surface area (Å²) in [5.41, 5.74) is 8.62. The summed E-state index contributed by atoms with van der Waals surface area (Å²) < 4.78 is 0. The van der Waals surface area contributed by atoms with Crippen LogP contribution in [-0.2, 0) is 0 Å². The van der Waals surface area contributed by atoms with Gasteiger partial charge in [-0.15, -0.1) is 0 Å². The van der Waals surface area contributed by atoms with Gasteiger partial charge in [0.05, 0.1) is 6.10 Å². The Morgan fingerprint density at radius 1 is 1.35 bits per heavy atom. The molecule has 0 saturated carbocycles. The summed E-state index contributed by atoms with van der Waals surface area (Å²) >= 11 is 0. The van der Waals surface area contributed by atoms with Gasteiger partial charge in [-0.3, -0.25) is 4.90 Å². The highest BCUT2D eigenvalue weighted by Gasteiger charge is 2.30. The molecule has 0 spiro atoms. The van der Waals surface area contributed by atoms with Crippen LogP contribution in [0.15, 0.2) is 24.3 Å². The van der Waals surface area contributed by atoms with Crippen molar-refractivity contribution in [3.05, 3.63) is 35.4 Å². The average Bonchev–Trinajstić information content (AvgIpc) is 2.68. The first-order valence-electron chi connectivity index (χ1n) is 6.32. The number of aryl methyl sites for hydroxylation is 1. The first kappa shape index (κ1) is 12.6. The molecule has 3 unspecified atom stereocenters. The number of hydrogen-bond acceptors (Lipinski definition) is 3. The van der Waals surface area contributed by atoms with E-state index in [-0.39, 0.29) is 18.2 Å². The van der Waals surface area contributed by atoms with Crippen LogP contribution in [0.3, 0.4) is 0 Å². The molecule has 0 amide bonds. The van der Waals surface area contributed by atoms with Crippen LogP contribution in [0.5, 0.6) is 0 Å². The monoisotopic (exact) mass is 234 g/mol. The van der Waals surface area contributed by atoms with Crippen molar-refractivity contribution in [3.63, 3.8) is 0 Å². The molecule has 0 radical (unpaired) electrons. The van der Waals surface area contributed by atoms with Gasteiger partial charge in [0.15, 0.2) is 0 Å². The van der Waals surface area contributed by atoms with Crippen LogP contribution in [0.25, 0.3) is 0 Å². The molecule has 0 aromatic heterocycles. The maximum absolute atomic E-state index is 9.64. The Bertz CT molecular complexity index is 361. The molecular formula is C14H22N2O. The number of hydrogen-bond donors (Lipinski definition) is 2. The van der Waals surface area contributed by atoms with Crippen molar-refractivity contribution >= 4 is 0 Å². The van der Waals surface area contributed by atoms with Gasteiger partial charge in [-0.1, -0.05) is 29.8 Å². The normalized spacial score (nSPS) is 24.8. The van der Waals surface area contributed by atoms with Crippen molar-refractivity contribution in [2.45, 2.75) is 38.5 Å². The number of β-amino-alcohol motifs (C(OH)–C–C–N with tert-alkyl or cyclic N) is 1. The van der Waals surface area contributed by atoms with Crippen molar-refractivity contribution in [2.75, 3.05) is 13.1 Å². The summed E-state index contributed by atoms with van der Waals surface area (Å²) in [7, 11) is 0. The summed E-state index contributed by atoms with van der Waals surface area (Å²) in [6.45, 7) is 5.79. The molecule has 17 heavy (non-hydrogen) atoms. The highest BCUT2D eigenvalue weighted by molar-refractivity contribution is 5.25. The SMILES string of the molecule is Cc1ccc(C(C(C)N)N2CCC(O)C2)cc1. The molecule has 0 bridgehead atoms. The summed E-state index contributed by atoms with van der Waals surface area (Å²) in [6, 6.07) is 8.83. The van der Waals surface area contributed by atoms with Crippen LogP contribution in [0.2, 0.25) is 0 Å². The molecule has 3 heteroatoms. The van der Waals surface area contributed by atoms with E-state index in [0.717, 1.165) is 19.5 Å². The summed E-state index contributed by atoms with van der Waals surface area (Å²) in [5.74, 6) is 0. The number of benzene rings is 1. The predicted molar refractivity (Wildman–Crippen MR) is 69.8 cm³/mol. The van der Waals surface area contributed by atoms with Gasteiger partial charge in [0.1, 0.15) is 0 Å². The molecule has 1 saturated heterocycles. The van der Waals surface area contributed by atoms with Gasteiger partial charge in [0.2, 0.25) is 0 Å². The van der Waals surface area contributed by atoms with Crippen LogP contribution < -0.4 is 5.73 Å². The molecule has 1 aromatic rings. The average molecular weight is 234 g/mol. The van der Waals surface area contributed by atoms with Gasteiger partial charge >= 0.3 is 0 Å². The highest BCUT2D eigenvalue weighted by Crippen LogP contribution is 2.27. The zero-order valence-electron chi connectivity index (χ0n) is 10.6. The largest absolute Gasteiger partial charge is 0.392 e. The molecule has 2 rings (SSSR count). The standard InChI is InChI=1S/C14H22N2O/c1-10-3-5-12(6-4-10)14(11(2)15)16-8-7-13(17)9-16/h3-6,11,13-14,17H,7-9,15H2,1-2H3. The number of aliphatic hydroxyl groups excluding tert-OH is 1. The molecule has 3 nitrogen and oxygen atoms in total. The lowest BCUT2D eigenvalue weighted by Crippen LogP contribution is -2.38. The zero-order valence-corrected chi connectivity index (χ0v) is 10.6. The topological polar surface area (TPSA) is 49.5 Å².